The summed E-state index contributed by atoms with van der Waals surface area (Å²) in [6, 6.07) is 9.08. The maximum absolute atomic E-state index is 12.5. The van der Waals surface area contributed by atoms with Crippen molar-refractivity contribution in [3.05, 3.63) is 51.4 Å². The molecule has 6 heteroatoms. The second kappa shape index (κ2) is 8.21. The van der Waals surface area contributed by atoms with Crippen LogP contribution >= 0.6 is 22.9 Å². The van der Waals surface area contributed by atoms with Crippen LogP contribution in [0, 0.1) is 5.41 Å². The average molecular weight is 408 g/mol. The Labute approximate surface area is 170 Å². The molecule has 0 radical (unpaired) electrons. The van der Waals surface area contributed by atoms with E-state index in [2.05, 4.69) is 31.7 Å². The van der Waals surface area contributed by atoms with Crippen LogP contribution in [0.3, 0.4) is 0 Å². The molecule has 0 spiro atoms. The Kier molecular flexibility index (Phi) is 6.14. The van der Waals surface area contributed by atoms with Gasteiger partial charge in [-0.3, -0.25) is 4.90 Å². The lowest BCUT2D eigenvalue weighted by molar-refractivity contribution is -0.147. The van der Waals surface area contributed by atoms with Crippen molar-refractivity contribution >= 4 is 28.9 Å². The predicted octanol–water partition coefficient (Wildman–Crippen LogP) is 5.10. The van der Waals surface area contributed by atoms with Crippen molar-refractivity contribution in [2.45, 2.75) is 39.8 Å². The third kappa shape index (κ3) is 4.84. The molecule has 27 heavy (non-hydrogen) atoms. The number of ether oxygens (including phenoxy) is 2. The first-order valence-electron chi connectivity index (χ1n) is 9.09. The van der Waals surface area contributed by atoms with E-state index in [0.29, 0.717) is 18.2 Å². The molecule has 1 atom stereocenters. The third-order valence-electron chi connectivity index (χ3n) is 4.51. The molecule has 2 heterocycles. The lowest BCUT2D eigenvalue weighted by Gasteiger charge is -2.33. The van der Waals surface area contributed by atoms with Crippen LogP contribution < -0.4 is 4.74 Å². The second-order valence-corrected chi connectivity index (χ2v) is 9.54. The zero-order valence-electron chi connectivity index (χ0n) is 16.3. The van der Waals surface area contributed by atoms with Crippen LogP contribution in [0.15, 0.2) is 30.3 Å². The Morgan fingerprint density at radius 1 is 1.33 bits per heavy atom. The first-order chi connectivity index (χ1) is 12.8. The van der Waals surface area contributed by atoms with Gasteiger partial charge < -0.3 is 9.47 Å². The third-order valence-corrected chi connectivity index (χ3v) is 6.00. The molecule has 146 valence electrons. The lowest BCUT2D eigenvalue weighted by atomic mass is 9.99. The van der Waals surface area contributed by atoms with Crippen molar-refractivity contribution in [2.75, 3.05) is 20.3 Å². The normalized spacial score (nSPS) is 15.9. The number of hydrogen-bond acceptors (Lipinski definition) is 5. The van der Waals surface area contributed by atoms with Crippen LogP contribution in [-0.4, -0.2) is 31.1 Å². The topological polar surface area (TPSA) is 38.8 Å². The van der Waals surface area contributed by atoms with E-state index in [1.54, 1.807) is 11.3 Å². The van der Waals surface area contributed by atoms with E-state index in [-0.39, 0.29) is 11.4 Å². The van der Waals surface area contributed by atoms with Gasteiger partial charge in [0.25, 0.3) is 0 Å². The van der Waals surface area contributed by atoms with E-state index >= 15 is 0 Å². The van der Waals surface area contributed by atoms with Gasteiger partial charge in [-0.1, -0.05) is 50.6 Å². The quantitative estimate of drug-likeness (QED) is 0.646. The van der Waals surface area contributed by atoms with Gasteiger partial charge >= 0.3 is 5.97 Å². The molecule has 1 aliphatic rings. The molecule has 4 nitrogen and oxygen atoms in total. The number of nitrogens with zero attached hydrogens (tertiary/aromatic N) is 1. The van der Waals surface area contributed by atoms with Crippen molar-refractivity contribution in [2.24, 2.45) is 5.41 Å². The summed E-state index contributed by atoms with van der Waals surface area (Å²) in [4.78, 5) is 16.0. The van der Waals surface area contributed by atoms with E-state index in [0.717, 1.165) is 23.6 Å². The Hall–Kier alpha value is -1.56. The maximum Gasteiger partial charge on any atom is 0.327 e. The summed E-state index contributed by atoms with van der Waals surface area (Å²) in [5.74, 6) is -0.286. The number of benzene rings is 1. The summed E-state index contributed by atoms with van der Waals surface area (Å²) in [7, 11) is 1.42. The molecule has 3 rings (SSSR count). The van der Waals surface area contributed by atoms with Gasteiger partial charge in [-0.05, 0) is 35.1 Å². The number of carbonyl (C=O) groups excluding carboxylic acids is 1. The minimum Gasteiger partial charge on any atom is -0.483 e. The molecule has 0 bridgehead atoms. The highest BCUT2D eigenvalue weighted by atomic mass is 35.5. The molecule has 1 aromatic heterocycles. The number of halogens is 1. The molecular weight excluding hydrogens is 382 g/mol. The molecule has 1 aliphatic heterocycles. The van der Waals surface area contributed by atoms with Gasteiger partial charge in [-0.25, -0.2) is 4.79 Å². The molecule has 1 aromatic carbocycles. The van der Waals surface area contributed by atoms with Gasteiger partial charge in [0.2, 0.25) is 0 Å². The molecule has 0 fully saturated rings. The summed E-state index contributed by atoms with van der Waals surface area (Å²) in [6.45, 7) is 8.61. The molecular formula is C21H26ClNO3S. The molecule has 2 aromatic rings. The van der Waals surface area contributed by atoms with Crippen LogP contribution in [0.2, 0.25) is 5.02 Å². The largest absolute Gasteiger partial charge is 0.483 e. The van der Waals surface area contributed by atoms with Gasteiger partial charge in [0.1, 0.15) is 6.04 Å². The fourth-order valence-corrected chi connectivity index (χ4v) is 4.44. The van der Waals surface area contributed by atoms with Gasteiger partial charge in [-0.2, -0.15) is 0 Å². The summed E-state index contributed by atoms with van der Waals surface area (Å²) in [5.41, 5.74) is 2.13. The summed E-state index contributed by atoms with van der Waals surface area (Å²) < 4.78 is 11.1. The van der Waals surface area contributed by atoms with Crippen LogP contribution in [0.5, 0.6) is 5.06 Å². The number of esters is 1. The smallest absolute Gasteiger partial charge is 0.327 e. The number of rotatable bonds is 5. The number of methoxy groups -OCH3 is 1. The highest BCUT2D eigenvalue weighted by molar-refractivity contribution is 7.14. The van der Waals surface area contributed by atoms with Crippen LogP contribution in [-0.2, 0) is 22.5 Å². The molecule has 0 saturated carbocycles. The highest BCUT2D eigenvalue weighted by Crippen LogP contribution is 2.38. The van der Waals surface area contributed by atoms with E-state index < -0.39 is 6.04 Å². The molecule has 0 N–H and O–H groups in total. The first-order valence-corrected chi connectivity index (χ1v) is 10.3. The zero-order valence-corrected chi connectivity index (χ0v) is 17.8. The van der Waals surface area contributed by atoms with Gasteiger partial charge in [0.15, 0.2) is 5.06 Å². The monoisotopic (exact) mass is 407 g/mol. The second-order valence-electron chi connectivity index (χ2n) is 8.03. The van der Waals surface area contributed by atoms with Crippen LogP contribution in [0.1, 0.15) is 42.8 Å². The number of thiophene rings is 1. The first kappa shape index (κ1) is 20.2. The van der Waals surface area contributed by atoms with Crippen molar-refractivity contribution in [3.8, 4) is 5.06 Å². The number of fused-ring (bicyclic) bond motifs is 1. The zero-order chi connectivity index (χ0) is 19.6. The van der Waals surface area contributed by atoms with E-state index in [9.17, 15) is 4.79 Å². The predicted molar refractivity (Wildman–Crippen MR) is 110 cm³/mol. The summed E-state index contributed by atoms with van der Waals surface area (Å²) in [6.07, 6.45) is 0.886. The fourth-order valence-electron chi connectivity index (χ4n) is 3.19. The van der Waals surface area contributed by atoms with Gasteiger partial charge in [-0.15, -0.1) is 11.3 Å². The van der Waals surface area contributed by atoms with E-state index in [4.69, 9.17) is 21.1 Å². The van der Waals surface area contributed by atoms with Crippen LogP contribution in [0.25, 0.3) is 0 Å². The maximum atomic E-state index is 12.5. The molecule has 0 unspecified atom stereocenters. The lowest BCUT2D eigenvalue weighted by Crippen LogP contribution is -2.38. The minimum absolute atomic E-state index is 0.122. The Morgan fingerprint density at radius 2 is 2.07 bits per heavy atom. The highest BCUT2D eigenvalue weighted by Gasteiger charge is 2.33. The molecule has 0 saturated heterocycles. The van der Waals surface area contributed by atoms with Crippen molar-refractivity contribution in [3.63, 3.8) is 0 Å². The van der Waals surface area contributed by atoms with Crippen molar-refractivity contribution in [1.82, 2.24) is 4.90 Å². The Bertz CT molecular complexity index is 812. The Morgan fingerprint density at radius 3 is 2.74 bits per heavy atom. The number of carbonyl (C=O) groups is 1. The van der Waals surface area contributed by atoms with Crippen LogP contribution in [0.4, 0.5) is 0 Å². The minimum atomic E-state index is -0.504. The SMILES string of the molecule is COC(=O)[C@H](c1ccccc1Cl)N1CCc2sc(OCC(C)(C)C)cc2C1. The summed E-state index contributed by atoms with van der Waals surface area (Å²) >= 11 is 8.09. The van der Waals surface area contributed by atoms with Crippen molar-refractivity contribution in [1.29, 1.82) is 0 Å². The van der Waals surface area contributed by atoms with Gasteiger partial charge in [0.05, 0.1) is 13.7 Å². The van der Waals surface area contributed by atoms with Gasteiger partial charge in [0, 0.05) is 23.0 Å². The van der Waals surface area contributed by atoms with E-state index in [1.807, 2.05) is 24.3 Å². The Balaban J connectivity index is 1.81. The van der Waals surface area contributed by atoms with Crippen molar-refractivity contribution < 1.29 is 14.3 Å². The average Bonchev–Trinajstić information content (AvgIpc) is 3.03. The number of hydrogen-bond donors (Lipinski definition) is 0. The standard InChI is InChI=1S/C21H26ClNO3S/c1-21(2,3)13-26-18-11-14-12-23(10-9-17(14)27-18)19(20(24)25-4)15-7-5-6-8-16(15)22/h5-8,11,19H,9-10,12-13H2,1-4H3/t19-/m0/s1. The molecule has 0 aliphatic carbocycles. The summed E-state index contributed by atoms with van der Waals surface area (Å²) in [5, 5.41) is 1.53. The fraction of sp³-hybridized carbons (Fsp3) is 0.476. The molecule has 0 amide bonds. The van der Waals surface area contributed by atoms with E-state index in [1.165, 1.54) is 17.6 Å².